The van der Waals surface area contributed by atoms with Gasteiger partial charge in [0.1, 0.15) is 0 Å². The monoisotopic (exact) mass is 354 g/mol. The molecule has 1 N–H and O–H groups in total. The summed E-state index contributed by atoms with van der Waals surface area (Å²) in [5.74, 6) is 0. The molecule has 3 aromatic rings. The highest BCUT2D eigenvalue weighted by molar-refractivity contribution is 6.31. The van der Waals surface area contributed by atoms with E-state index in [9.17, 15) is 0 Å². The SMILES string of the molecule is CCC(C)(C)NCc1c(C)n(Cc2ccccc2Cl)c2ccccc12. The second kappa shape index (κ2) is 7.23. The van der Waals surface area contributed by atoms with Gasteiger partial charge in [0.05, 0.1) is 0 Å². The highest BCUT2D eigenvalue weighted by Crippen LogP contribution is 2.28. The lowest BCUT2D eigenvalue weighted by molar-refractivity contribution is 0.374. The normalized spacial score (nSPS) is 12.0. The van der Waals surface area contributed by atoms with E-state index in [-0.39, 0.29) is 5.54 Å². The minimum absolute atomic E-state index is 0.137. The lowest BCUT2D eigenvalue weighted by atomic mass is 10.0. The van der Waals surface area contributed by atoms with Crippen molar-refractivity contribution < 1.29 is 0 Å². The summed E-state index contributed by atoms with van der Waals surface area (Å²) in [5.41, 5.74) is 5.25. The first-order chi connectivity index (χ1) is 11.9. The van der Waals surface area contributed by atoms with Crippen molar-refractivity contribution >= 4 is 22.5 Å². The van der Waals surface area contributed by atoms with Gasteiger partial charge in [0, 0.05) is 40.2 Å². The van der Waals surface area contributed by atoms with Crippen molar-refractivity contribution in [1.82, 2.24) is 9.88 Å². The van der Waals surface area contributed by atoms with Crippen molar-refractivity contribution in [2.24, 2.45) is 0 Å². The zero-order valence-electron chi connectivity index (χ0n) is 15.6. The fraction of sp³-hybridized carbons (Fsp3) is 0.364. The van der Waals surface area contributed by atoms with Gasteiger partial charge in [0.25, 0.3) is 0 Å². The maximum absolute atomic E-state index is 6.40. The number of nitrogens with zero attached hydrogens (tertiary/aromatic N) is 1. The van der Waals surface area contributed by atoms with Crippen LogP contribution >= 0.6 is 11.6 Å². The molecular weight excluding hydrogens is 328 g/mol. The van der Waals surface area contributed by atoms with Crippen molar-refractivity contribution in [3.8, 4) is 0 Å². The molecule has 132 valence electrons. The Morgan fingerprint density at radius 3 is 2.44 bits per heavy atom. The summed E-state index contributed by atoms with van der Waals surface area (Å²) in [5, 5.41) is 5.86. The molecule has 0 aliphatic carbocycles. The van der Waals surface area contributed by atoms with Crippen LogP contribution in [-0.2, 0) is 13.1 Å². The van der Waals surface area contributed by atoms with Crippen molar-refractivity contribution in [3.05, 3.63) is 70.4 Å². The van der Waals surface area contributed by atoms with Crippen LogP contribution in [0.5, 0.6) is 0 Å². The van der Waals surface area contributed by atoms with Crippen LogP contribution in [0.4, 0.5) is 0 Å². The molecule has 0 fully saturated rings. The van der Waals surface area contributed by atoms with Crippen LogP contribution in [0.2, 0.25) is 5.02 Å². The van der Waals surface area contributed by atoms with Gasteiger partial charge < -0.3 is 9.88 Å². The van der Waals surface area contributed by atoms with Crippen LogP contribution in [0, 0.1) is 6.92 Å². The largest absolute Gasteiger partial charge is 0.340 e. The first-order valence-corrected chi connectivity index (χ1v) is 9.36. The Balaban J connectivity index is 2.02. The number of fused-ring (bicyclic) bond motifs is 1. The van der Waals surface area contributed by atoms with E-state index in [0.29, 0.717) is 0 Å². The minimum atomic E-state index is 0.137. The number of para-hydroxylation sites is 1. The molecule has 3 heteroatoms. The summed E-state index contributed by atoms with van der Waals surface area (Å²) >= 11 is 6.40. The lowest BCUT2D eigenvalue weighted by Crippen LogP contribution is -2.37. The number of benzene rings is 2. The van der Waals surface area contributed by atoms with Gasteiger partial charge in [0.15, 0.2) is 0 Å². The molecule has 1 heterocycles. The van der Waals surface area contributed by atoms with Crippen LogP contribution in [0.1, 0.15) is 44.0 Å². The molecule has 0 aliphatic heterocycles. The number of halogens is 1. The first kappa shape index (κ1) is 18.0. The van der Waals surface area contributed by atoms with Crippen molar-refractivity contribution in [2.75, 3.05) is 0 Å². The summed E-state index contributed by atoms with van der Waals surface area (Å²) < 4.78 is 2.38. The number of rotatable bonds is 6. The number of nitrogens with one attached hydrogen (secondary N) is 1. The average molecular weight is 355 g/mol. The zero-order chi connectivity index (χ0) is 18.0. The molecule has 0 unspecified atom stereocenters. The van der Waals surface area contributed by atoms with Gasteiger partial charge >= 0.3 is 0 Å². The van der Waals surface area contributed by atoms with Gasteiger partial charge in [-0.3, -0.25) is 0 Å². The molecule has 0 spiro atoms. The molecule has 2 aromatic carbocycles. The molecule has 2 nitrogen and oxygen atoms in total. The van der Waals surface area contributed by atoms with Gasteiger partial charge in [-0.1, -0.05) is 54.9 Å². The third-order valence-electron chi connectivity index (χ3n) is 5.28. The van der Waals surface area contributed by atoms with E-state index in [1.54, 1.807) is 0 Å². The van der Waals surface area contributed by atoms with Gasteiger partial charge in [-0.05, 0) is 50.5 Å². The standard InChI is InChI=1S/C22H27ClN2/c1-5-22(3,4)24-14-19-16(2)25(21-13-9-7-11-18(19)21)15-17-10-6-8-12-20(17)23/h6-13,24H,5,14-15H2,1-4H3. The lowest BCUT2D eigenvalue weighted by Gasteiger charge is -2.24. The fourth-order valence-electron chi connectivity index (χ4n) is 3.18. The molecule has 0 radical (unpaired) electrons. The summed E-state index contributed by atoms with van der Waals surface area (Å²) in [4.78, 5) is 0. The third-order valence-corrected chi connectivity index (χ3v) is 5.64. The van der Waals surface area contributed by atoms with Crippen LogP contribution in [-0.4, -0.2) is 10.1 Å². The maximum Gasteiger partial charge on any atom is 0.0493 e. The Bertz CT molecular complexity index is 877. The average Bonchev–Trinajstić information content (AvgIpc) is 2.87. The molecular formula is C22H27ClN2. The van der Waals surface area contributed by atoms with E-state index in [4.69, 9.17) is 11.6 Å². The van der Waals surface area contributed by atoms with Crippen molar-refractivity contribution in [3.63, 3.8) is 0 Å². The van der Waals surface area contributed by atoms with E-state index in [1.165, 1.54) is 22.2 Å². The molecule has 0 atom stereocenters. The Labute approximate surface area is 155 Å². The van der Waals surface area contributed by atoms with Gasteiger partial charge in [-0.15, -0.1) is 0 Å². The fourth-order valence-corrected chi connectivity index (χ4v) is 3.37. The number of hydrogen-bond acceptors (Lipinski definition) is 1. The smallest absolute Gasteiger partial charge is 0.0493 e. The molecule has 0 saturated heterocycles. The van der Waals surface area contributed by atoms with E-state index in [2.05, 4.69) is 74.0 Å². The Kier molecular flexibility index (Phi) is 5.21. The molecule has 0 aliphatic rings. The Morgan fingerprint density at radius 2 is 1.72 bits per heavy atom. The first-order valence-electron chi connectivity index (χ1n) is 8.98. The summed E-state index contributed by atoms with van der Waals surface area (Å²) in [6, 6.07) is 16.8. The highest BCUT2D eigenvalue weighted by Gasteiger charge is 2.18. The van der Waals surface area contributed by atoms with E-state index < -0.39 is 0 Å². The van der Waals surface area contributed by atoms with Crippen molar-refractivity contribution in [2.45, 2.75) is 52.7 Å². The number of aromatic nitrogens is 1. The predicted octanol–water partition coefficient (Wildman–Crippen LogP) is 5.93. The van der Waals surface area contributed by atoms with Crippen LogP contribution < -0.4 is 5.32 Å². The zero-order valence-corrected chi connectivity index (χ0v) is 16.3. The number of hydrogen-bond donors (Lipinski definition) is 1. The molecule has 1 aromatic heterocycles. The third kappa shape index (κ3) is 3.75. The van der Waals surface area contributed by atoms with E-state index in [0.717, 1.165) is 30.1 Å². The second-order valence-electron chi connectivity index (χ2n) is 7.35. The molecule has 25 heavy (non-hydrogen) atoms. The molecule has 0 amide bonds. The Morgan fingerprint density at radius 1 is 1.04 bits per heavy atom. The second-order valence-corrected chi connectivity index (χ2v) is 7.76. The van der Waals surface area contributed by atoms with Gasteiger partial charge in [0.2, 0.25) is 0 Å². The topological polar surface area (TPSA) is 17.0 Å². The quantitative estimate of drug-likeness (QED) is 0.580. The highest BCUT2D eigenvalue weighted by atomic mass is 35.5. The Hall–Kier alpha value is -1.77. The van der Waals surface area contributed by atoms with Crippen molar-refractivity contribution in [1.29, 1.82) is 0 Å². The van der Waals surface area contributed by atoms with Gasteiger partial charge in [-0.25, -0.2) is 0 Å². The minimum Gasteiger partial charge on any atom is -0.340 e. The van der Waals surface area contributed by atoms with Crippen LogP contribution in [0.15, 0.2) is 48.5 Å². The van der Waals surface area contributed by atoms with Crippen LogP contribution in [0.25, 0.3) is 10.9 Å². The molecule has 3 rings (SSSR count). The summed E-state index contributed by atoms with van der Waals surface area (Å²) in [6.07, 6.45) is 1.10. The van der Waals surface area contributed by atoms with E-state index >= 15 is 0 Å². The molecule has 0 bridgehead atoms. The predicted molar refractivity (Wildman–Crippen MR) is 108 cm³/mol. The summed E-state index contributed by atoms with van der Waals surface area (Å²) in [6.45, 7) is 10.6. The van der Waals surface area contributed by atoms with Crippen LogP contribution in [0.3, 0.4) is 0 Å². The van der Waals surface area contributed by atoms with E-state index in [1.807, 2.05) is 12.1 Å². The maximum atomic E-state index is 6.40. The van der Waals surface area contributed by atoms with Gasteiger partial charge in [-0.2, -0.15) is 0 Å². The summed E-state index contributed by atoms with van der Waals surface area (Å²) in [7, 11) is 0. The molecule has 0 saturated carbocycles.